The van der Waals surface area contributed by atoms with Gasteiger partial charge >= 0.3 is 0 Å². The number of unbranched alkanes of at least 4 members (excludes halogenated alkanes) is 1. The van der Waals surface area contributed by atoms with Crippen LogP contribution in [0.25, 0.3) is 0 Å². The van der Waals surface area contributed by atoms with Gasteiger partial charge in [0, 0.05) is 6.42 Å². The third-order valence-corrected chi connectivity index (χ3v) is 4.19. The highest BCUT2D eigenvalue weighted by molar-refractivity contribution is 7.92. The standard InChI is InChI=1S/C8H16N4O2S2/c1-2-3-6-16(13,14)12-8-11-10-7(15-8)4-5-9/h2-6,9H2,1H3,(H,11,12). The Bertz CT molecular complexity index is 415. The molecule has 16 heavy (non-hydrogen) atoms. The summed E-state index contributed by atoms with van der Waals surface area (Å²) in [6.07, 6.45) is 2.10. The lowest BCUT2D eigenvalue weighted by atomic mass is 10.4. The summed E-state index contributed by atoms with van der Waals surface area (Å²) in [6.45, 7) is 2.43. The van der Waals surface area contributed by atoms with Crippen LogP contribution in [-0.2, 0) is 16.4 Å². The maximum absolute atomic E-state index is 11.5. The number of anilines is 1. The van der Waals surface area contributed by atoms with Crippen molar-refractivity contribution in [3.8, 4) is 0 Å². The Morgan fingerprint density at radius 1 is 1.44 bits per heavy atom. The van der Waals surface area contributed by atoms with E-state index < -0.39 is 10.0 Å². The van der Waals surface area contributed by atoms with Crippen molar-refractivity contribution in [1.29, 1.82) is 0 Å². The van der Waals surface area contributed by atoms with E-state index in [4.69, 9.17) is 5.73 Å². The van der Waals surface area contributed by atoms with Gasteiger partial charge in [-0.2, -0.15) is 0 Å². The number of rotatable bonds is 7. The van der Waals surface area contributed by atoms with Gasteiger partial charge in [0.25, 0.3) is 0 Å². The lowest BCUT2D eigenvalue weighted by molar-refractivity contribution is 0.597. The number of hydrogen-bond acceptors (Lipinski definition) is 6. The normalized spacial score (nSPS) is 11.6. The van der Waals surface area contributed by atoms with E-state index >= 15 is 0 Å². The highest BCUT2D eigenvalue weighted by Crippen LogP contribution is 2.16. The summed E-state index contributed by atoms with van der Waals surface area (Å²) >= 11 is 1.23. The summed E-state index contributed by atoms with van der Waals surface area (Å²) in [7, 11) is -3.27. The van der Waals surface area contributed by atoms with E-state index in [2.05, 4.69) is 14.9 Å². The number of sulfonamides is 1. The topological polar surface area (TPSA) is 98.0 Å². The fourth-order valence-corrected chi connectivity index (χ4v) is 3.27. The van der Waals surface area contributed by atoms with Crippen LogP contribution in [0.3, 0.4) is 0 Å². The third-order valence-electron chi connectivity index (χ3n) is 1.83. The number of nitrogens with two attached hydrogens (primary N) is 1. The predicted octanol–water partition coefficient (Wildman–Crippen LogP) is 0.581. The van der Waals surface area contributed by atoms with Gasteiger partial charge in [-0.3, -0.25) is 4.72 Å². The number of hydrogen-bond donors (Lipinski definition) is 2. The van der Waals surface area contributed by atoms with E-state index in [1.807, 2.05) is 6.92 Å². The molecule has 0 fully saturated rings. The molecule has 0 spiro atoms. The fraction of sp³-hybridized carbons (Fsp3) is 0.750. The highest BCUT2D eigenvalue weighted by Gasteiger charge is 2.12. The second kappa shape index (κ2) is 6.12. The maximum Gasteiger partial charge on any atom is 0.234 e. The molecule has 0 aromatic carbocycles. The van der Waals surface area contributed by atoms with Crippen LogP contribution >= 0.6 is 11.3 Å². The van der Waals surface area contributed by atoms with E-state index in [0.717, 1.165) is 11.4 Å². The SMILES string of the molecule is CCCCS(=O)(=O)Nc1nnc(CCN)s1. The molecule has 1 heterocycles. The summed E-state index contributed by atoms with van der Waals surface area (Å²) in [4.78, 5) is 0. The zero-order valence-corrected chi connectivity index (χ0v) is 10.8. The first-order valence-corrected chi connectivity index (χ1v) is 7.57. The van der Waals surface area contributed by atoms with E-state index in [1.54, 1.807) is 0 Å². The van der Waals surface area contributed by atoms with Gasteiger partial charge in [-0.15, -0.1) is 10.2 Å². The molecule has 0 aliphatic rings. The summed E-state index contributed by atoms with van der Waals surface area (Å²) in [5.74, 6) is 0.120. The summed E-state index contributed by atoms with van der Waals surface area (Å²) in [5, 5.41) is 8.65. The Hall–Kier alpha value is -0.730. The van der Waals surface area contributed by atoms with Crippen molar-refractivity contribution in [3.63, 3.8) is 0 Å². The minimum absolute atomic E-state index is 0.120. The van der Waals surface area contributed by atoms with Crippen molar-refractivity contribution in [3.05, 3.63) is 5.01 Å². The molecule has 0 amide bonds. The monoisotopic (exact) mass is 264 g/mol. The van der Waals surface area contributed by atoms with Gasteiger partial charge in [-0.25, -0.2) is 8.42 Å². The van der Waals surface area contributed by atoms with Crippen LogP contribution in [-0.4, -0.2) is 30.9 Å². The lowest BCUT2D eigenvalue weighted by Crippen LogP contribution is -2.16. The molecule has 92 valence electrons. The van der Waals surface area contributed by atoms with E-state index in [-0.39, 0.29) is 5.75 Å². The van der Waals surface area contributed by atoms with Crippen molar-refractivity contribution in [2.45, 2.75) is 26.2 Å². The molecule has 0 unspecified atom stereocenters. The minimum Gasteiger partial charge on any atom is -0.330 e. The van der Waals surface area contributed by atoms with E-state index in [9.17, 15) is 8.42 Å². The summed E-state index contributed by atoms with van der Waals surface area (Å²) in [5.41, 5.74) is 5.36. The van der Waals surface area contributed by atoms with Crippen LogP contribution in [0, 0.1) is 0 Å². The molecule has 3 N–H and O–H groups in total. The Balaban J connectivity index is 2.58. The second-order valence-corrected chi connectivity index (χ2v) is 6.22. The maximum atomic E-state index is 11.5. The average molecular weight is 264 g/mol. The Morgan fingerprint density at radius 3 is 2.81 bits per heavy atom. The first-order valence-electron chi connectivity index (χ1n) is 5.10. The van der Waals surface area contributed by atoms with Crippen molar-refractivity contribution in [1.82, 2.24) is 10.2 Å². The van der Waals surface area contributed by atoms with Gasteiger partial charge in [0.05, 0.1) is 5.75 Å². The molecule has 8 heteroatoms. The van der Waals surface area contributed by atoms with E-state index in [0.29, 0.717) is 24.5 Å². The van der Waals surface area contributed by atoms with Crippen molar-refractivity contribution in [2.75, 3.05) is 17.0 Å². The van der Waals surface area contributed by atoms with Crippen LogP contribution in [0.1, 0.15) is 24.8 Å². The van der Waals surface area contributed by atoms with Gasteiger partial charge in [-0.05, 0) is 13.0 Å². The van der Waals surface area contributed by atoms with Crippen LogP contribution in [0.4, 0.5) is 5.13 Å². The predicted molar refractivity (Wildman–Crippen MR) is 65.0 cm³/mol. The van der Waals surface area contributed by atoms with Crippen LogP contribution in [0.5, 0.6) is 0 Å². The van der Waals surface area contributed by atoms with Gasteiger partial charge in [0.2, 0.25) is 15.2 Å². The molecule has 1 aromatic rings. The van der Waals surface area contributed by atoms with Gasteiger partial charge < -0.3 is 5.73 Å². The molecule has 0 bridgehead atoms. The fourth-order valence-electron chi connectivity index (χ4n) is 1.04. The minimum atomic E-state index is -3.27. The highest BCUT2D eigenvalue weighted by atomic mass is 32.2. The number of nitrogens with zero attached hydrogens (tertiary/aromatic N) is 2. The average Bonchev–Trinajstić information content (AvgIpc) is 2.62. The molecule has 1 aromatic heterocycles. The first-order chi connectivity index (χ1) is 7.57. The zero-order valence-electron chi connectivity index (χ0n) is 9.14. The van der Waals surface area contributed by atoms with Crippen LogP contribution < -0.4 is 10.5 Å². The Morgan fingerprint density at radius 2 is 2.19 bits per heavy atom. The summed E-state index contributed by atoms with van der Waals surface area (Å²) in [6, 6.07) is 0. The largest absolute Gasteiger partial charge is 0.330 e. The molecular weight excluding hydrogens is 248 g/mol. The Kier molecular flexibility index (Phi) is 5.10. The number of aromatic nitrogens is 2. The molecule has 0 aliphatic heterocycles. The Labute approximate surface area is 99.3 Å². The molecule has 0 saturated carbocycles. The molecule has 0 radical (unpaired) electrons. The van der Waals surface area contributed by atoms with Gasteiger partial charge in [0.15, 0.2) is 0 Å². The smallest absolute Gasteiger partial charge is 0.234 e. The molecule has 1 rings (SSSR count). The van der Waals surface area contributed by atoms with Crippen molar-refractivity contribution >= 4 is 26.5 Å². The first kappa shape index (κ1) is 13.3. The molecule has 0 atom stereocenters. The summed E-state index contributed by atoms with van der Waals surface area (Å²) < 4.78 is 25.5. The van der Waals surface area contributed by atoms with Crippen molar-refractivity contribution < 1.29 is 8.42 Å². The zero-order chi connectivity index (χ0) is 12.0. The lowest BCUT2D eigenvalue weighted by Gasteiger charge is -2.02. The quantitative estimate of drug-likeness (QED) is 0.750. The van der Waals surface area contributed by atoms with Gasteiger partial charge in [0.1, 0.15) is 5.01 Å². The van der Waals surface area contributed by atoms with Crippen molar-refractivity contribution in [2.24, 2.45) is 5.73 Å². The molecular formula is C8H16N4O2S2. The molecule has 6 nitrogen and oxygen atoms in total. The van der Waals surface area contributed by atoms with E-state index in [1.165, 1.54) is 11.3 Å². The number of nitrogens with one attached hydrogen (secondary N) is 1. The third kappa shape index (κ3) is 4.42. The van der Waals surface area contributed by atoms with Gasteiger partial charge in [-0.1, -0.05) is 24.7 Å². The molecule has 0 saturated heterocycles. The molecule has 0 aliphatic carbocycles. The van der Waals surface area contributed by atoms with Crippen LogP contribution in [0.2, 0.25) is 0 Å². The van der Waals surface area contributed by atoms with Crippen LogP contribution in [0.15, 0.2) is 0 Å². The second-order valence-electron chi connectivity index (χ2n) is 3.31.